The Hall–Kier alpha value is -2.80. The molecule has 0 aromatic rings. The minimum absolute atomic E-state index is 0.123. The molecule has 0 radical (unpaired) electrons. The van der Waals surface area contributed by atoms with E-state index in [1.807, 2.05) is 0 Å². The van der Waals surface area contributed by atoms with Gasteiger partial charge in [0.2, 0.25) is 0 Å². The van der Waals surface area contributed by atoms with Crippen molar-refractivity contribution in [2.24, 2.45) is 0 Å². The van der Waals surface area contributed by atoms with Crippen LogP contribution in [0.3, 0.4) is 0 Å². The summed E-state index contributed by atoms with van der Waals surface area (Å²) in [7, 11) is 0. The second-order valence-electron chi connectivity index (χ2n) is 17.3. The zero-order chi connectivity index (χ0) is 48.2. The number of hydrogen-bond acceptors (Lipinski definition) is 15. The molecule has 15 nitrogen and oxygen atoms in total. The van der Waals surface area contributed by atoms with Crippen LogP contribution >= 0.6 is 0 Å². The number of aliphatic hydroxyl groups is 7. The molecule has 2 heterocycles. The van der Waals surface area contributed by atoms with Crippen molar-refractivity contribution in [2.45, 2.75) is 223 Å². The number of esters is 2. The molecule has 2 rings (SSSR count). The lowest BCUT2D eigenvalue weighted by atomic mass is 9.98. The number of carbonyl (C=O) groups is 2. The maximum atomic E-state index is 13.0. The van der Waals surface area contributed by atoms with Gasteiger partial charge in [0, 0.05) is 12.8 Å². The molecule has 11 atom stereocenters. The van der Waals surface area contributed by atoms with Crippen molar-refractivity contribution in [3.05, 3.63) is 60.8 Å². The molecule has 0 saturated carbocycles. The van der Waals surface area contributed by atoms with Gasteiger partial charge in [-0.3, -0.25) is 9.59 Å². The lowest BCUT2D eigenvalue weighted by Gasteiger charge is -2.42. The van der Waals surface area contributed by atoms with Gasteiger partial charge >= 0.3 is 11.9 Å². The molecule has 7 N–H and O–H groups in total. The van der Waals surface area contributed by atoms with Crippen LogP contribution in [0.1, 0.15) is 155 Å². The van der Waals surface area contributed by atoms with Gasteiger partial charge in [-0.25, -0.2) is 0 Å². The maximum Gasteiger partial charge on any atom is 0.306 e. The number of aliphatic hydroxyl groups excluding tert-OH is 7. The van der Waals surface area contributed by atoms with Crippen molar-refractivity contribution in [2.75, 3.05) is 26.4 Å². The summed E-state index contributed by atoms with van der Waals surface area (Å²) in [4.78, 5) is 25.7. The quantitative estimate of drug-likeness (QED) is 0.0201. The fourth-order valence-electron chi connectivity index (χ4n) is 7.32. The first-order valence-corrected chi connectivity index (χ1v) is 24.9. The monoisotopic (exact) mass is 939 g/mol. The molecular weight excluding hydrogens is 853 g/mol. The van der Waals surface area contributed by atoms with E-state index in [4.69, 9.17) is 28.4 Å². The van der Waals surface area contributed by atoms with Crippen LogP contribution in [0.4, 0.5) is 0 Å². The minimum atomic E-state index is -1.77. The van der Waals surface area contributed by atoms with Crippen LogP contribution in [0.2, 0.25) is 0 Å². The molecule has 15 heteroatoms. The van der Waals surface area contributed by atoms with Gasteiger partial charge in [-0.2, -0.15) is 0 Å². The third kappa shape index (κ3) is 26.1. The van der Waals surface area contributed by atoms with Crippen molar-refractivity contribution >= 4 is 11.9 Å². The zero-order valence-electron chi connectivity index (χ0n) is 39.9. The zero-order valence-corrected chi connectivity index (χ0v) is 39.9. The number of unbranched alkanes of at least 4 members (excludes halogenated alkanes) is 13. The van der Waals surface area contributed by atoms with Crippen LogP contribution in [0, 0.1) is 0 Å². The SMILES string of the molecule is CCC/C=C/C/C=C/C/C=C/C/C=C/CCCCCC(=O)O[C@H](COC(=O)CCCCCCC/C=C/CCCCCC)CO[C@H]1O[C@@H](CO[C@H]2O[C@@H](CO)[C@@H](O)C(O)C2O)[C@@H](O)C(O)C1O. The van der Waals surface area contributed by atoms with Gasteiger partial charge in [0.15, 0.2) is 18.7 Å². The molecule has 2 fully saturated rings. The smallest absolute Gasteiger partial charge is 0.306 e. The Morgan fingerprint density at radius 3 is 1.52 bits per heavy atom. The van der Waals surface area contributed by atoms with E-state index in [9.17, 15) is 45.3 Å². The Bertz CT molecular complexity index is 1380. The van der Waals surface area contributed by atoms with Crippen molar-refractivity contribution in [1.29, 1.82) is 0 Å². The van der Waals surface area contributed by atoms with Crippen molar-refractivity contribution in [3.8, 4) is 0 Å². The third-order valence-corrected chi connectivity index (χ3v) is 11.4. The molecule has 0 aromatic carbocycles. The van der Waals surface area contributed by atoms with E-state index in [0.717, 1.165) is 83.5 Å². The first-order chi connectivity index (χ1) is 32.0. The number of carbonyl (C=O) groups excluding carboxylic acids is 2. The van der Waals surface area contributed by atoms with Crippen LogP contribution in [-0.4, -0.2) is 142 Å². The molecule has 66 heavy (non-hydrogen) atoms. The molecule has 2 aliphatic rings. The normalized spacial score (nSPS) is 26.7. The maximum absolute atomic E-state index is 13.0. The van der Waals surface area contributed by atoms with E-state index in [-0.39, 0.29) is 19.4 Å². The second-order valence-corrected chi connectivity index (χ2v) is 17.3. The third-order valence-electron chi connectivity index (χ3n) is 11.4. The van der Waals surface area contributed by atoms with Crippen LogP contribution < -0.4 is 0 Å². The minimum Gasteiger partial charge on any atom is -0.462 e. The summed E-state index contributed by atoms with van der Waals surface area (Å²) in [5.41, 5.74) is 0. The molecule has 0 spiro atoms. The number of hydrogen-bond donors (Lipinski definition) is 7. The Kier molecular flexibility index (Phi) is 34.2. The molecule has 4 unspecified atom stereocenters. The van der Waals surface area contributed by atoms with E-state index in [1.165, 1.54) is 32.1 Å². The lowest BCUT2D eigenvalue weighted by Crippen LogP contribution is -2.61. The molecule has 0 bridgehead atoms. The van der Waals surface area contributed by atoms with Gasteiger partial charge in [-0.1, -0.05) is 126 Å². The highest BCUT2D eigenvalue weighted by atomic mass is 16.7. The molecule has 0 aliphatic carbocycles. The average molecular weight is 939 g/mol. The van der Waals surface area contributed by atoms with E-state index >= 15 is 0 Å². The Labute approximate surface area is 394 Å². The summed E-state index contributed by atoms with van der Waals surface area (Å²) >= 11 is 0. The fraction of sp³-hybridized carbons (Fsp3) is 0.765. The summed E-state index contributed by atoms with van der Waals surface area (Å²) in [5.74, 6) is -0.977. The predicted octanol–water partition coefficient (Wildman–Crippen LogP) is 6.49. The van der Waals surface area contributed by atoms with Crippen LogP contribution in [0.15, 0.2) is 60.8 Å². The van der Waals surface area contributed by atoms with Crippen molar-refractivity contribution in [1.82, 2.24) is 0 Å². The number of allylic oxidation sites excluding steroid dienone is 10. The summed E-state index contributed by atoms with van der Waals surface area (Å²) < 4.78 is 33.5. The summed E-state index contributed by atoms with van der Waals surface area (Å²) in [6, 6.07) is 0. The van der Waals surface area contributed by atoms with Gasteiger partial charge in [-0.05, 0) is 77.0 Å². The van der Waals surface area contributed by atoms with Gasteiger partial charge in [-0.15, -0.1) is 0 Å². The van der Waals surface area contributed by atoms with E-state index in [2.05, 4.69) is 74.6 Å². The first-order valence-electron chi connectivity index (χ1n) is 24.9. The highest BCUT2D eigenvalue weighted by Crippen LogP contribution is 2.26. The second kappa shape index (κ2) is 38.1. The van der Waals surface area contributed by atoms with Crippen LogP contribution in [0.25, 0.3) is 0 Å². The van der Waals surface area contributed by atoms with E-state index < -0.39 is 99.3 Å². The summed E-state index contributed by atoms with van der Waals surface area (Å²) in [6.07, 6.45) is 25.3. The fourth-order valence-corrected chi connectivity index (χ4v) is 7.32. The van der Waals surface area contributed by atoms with E-state index in [0.29, 0.717) is 12.8 Å². The highest BCUT2D eigenvalue weighted by Gasteiger charge is 2.47. The molecule has 2 saturated heterocycles. The van der Waals surface area contributed by atoms with E-state index in [1.54, 1.807) is 0 Å². The van der Waals surface area contributed by atoms with Gasteiger partial charge < -0.3 is 64.2 Å². The largest absolute Gasteiger partial charge is 0.462 e. The molecule has 0 aromatic heterocycles. The van der Waals surface area contributed by atoms with Crippen molar-refractivity contribution < 1.29 is 73.8 Å². The lowest BCUT2D eigenvalue weighted by molar-refractivity contribution is -0.332. The van der Waals surface area contributed by atoms with Gasteiger partial charge in [0.05, 0.1) is 19.8 Å². The highest BCUT2D eigenvalue weighted by molar-refractivity contribution is 5.70. The Morgan fingerprint density at radius 2 is 0.939 bits per heavy atom. The first kappa shape index (κ1) is 59.3. The van der Waals surface area contributed by atoms with Crippen LogP contribution in [0.5, 0.6) is 0 Å². The average Bonchev–Trinajstić information content (AvgIpc) is 3.31. The number of rotatable bonds is 37. The van der Waals surface area contributed by atoms with Gasteiger partial charge in [0.25, 0.3) is 0 Å². The van der Waals surface area contributed by atoms with Crippen LogP contribution in [-0.2, 0) is 38.0 Å². The standard InChI is InChI=1S/C51H86O15/c1-3-5-7-9-11-13-15-17-18-19-20-22-24-26-28-30-32-34-43(54)64-39(36-61-42(53)33-31-29-27-25-23-21-16-14-12-10-8-6-4-2)37-62-50-49(60)47(58)45(56)41(66-50)38-63-51-48(59)46(57)44(55)40(35-52)65-51/h7,9,13-16,18-19,22,24,39-41,44-52,55-60H,3-6,8,10-12,17,20-21,23,25-38H2,1-2H3/b9-7+,15-13+,16-14+,19-18+,24-22+/t39-,40+,41+,44-,45-,46?,47?,48?,49?,50+,51+/m1/s1. The van der Waals surface area contributed by atoms with Crippen molar-refractivity contribution in [3.63, 3.8) is 0 Å². The predicted molar refractivity (Wildman–Crippen MR) is 252 cm³/mol. The molecular formula is C51H86O15. The summed E-state index contributed by atoms with van der Waals surface area (Å²) in [6.45, 7) is 2.44. The Morgan fingerprint density at radius 1 is 0.485 bits per heavy atom. The molecule has 380 valence electrons. The molecule has 2 aliphatic heterocycles. The molecule has 0 amide bonds. The Balaban J connectivity index is 1.85. The van der Waals surface area contributed by atoms with Gasteiger partial charge in [0.1, 0.15) is 55.4 Å². The summed E-state index contributed by atoms with van der Waals surface area (Å²) in [5, 5.41) is 72.0. The topological polar surface area (TPSA) is 231 Å². The number of ether oxygens (including phenoxy) is 6.